The molecule has 0 spiro atoms. The Hall–Kier alpha value is -3.62. The molecular formula is C18H15F2N5O2. The van der Waals surface area contributed by atoms with E-state index in [1.165, 1.54) is 0 Å². The molecule has 0 bridgehead atoms. The summed E-state index contributed by atoms with van der Waals surface area (Å²) in [7, 11) is 0. The van der Waals surface area contributed by atoms with Crippen LogP contribution >= 0.6 is 0 Å². The van der Waals surface area contributed by atoms with E-state index >= 15 is 0 Å². The lowest BCUT2D eigenvalue weighted by atomic mass is 10.2. The Balaban J connectivity index is 1.51. The van der Waals surface area contributed by atoms with E-state index in [9.17, 15) is 18.4 Å². The molecule has 138 valence electrons. The molecule has 0 radical (unpaired) electrons. The number of aromatic nitrogens is 3. The molecule has 2 heterocycles. The Kier molecular flexibility index (Phi) is 5.50. The van der Waals surface area contributed by atoms with Crippen molar-refractivity contribution in [3.63, 3.8) is 0 Å². The van der Waals surface area contributed by atoms with E-state index in [-0.39, 0.29) is 12.1 Å². The van der Waals surface area contributed by atoms with Gasteiger partial charge in [0.15, 0.2) is 5.82 Å². The number of nitrogens with one attached hydrogen (secondary N) is 2. The van der Waals surface area contributed by atoms with E-state index in [4.69, 9.17) is 0 Å². The van der Waals surface area contributed by atoms with Crippen LogP contribution in [0, 0.1) is 11.6 Å². The molecule has 0 aliphatic carbocycles. The first-order valence-corrected chi connectivity index (χ1v) is 7.97. The Bertz CT molecular complexity index is 939. The van der Waals surface area contributed by atoms with E-state index in [1.54, 1.807) is 23.1 Å². The largest absolute Gasteiger partial charge is 0.343 e. The third-order valence-electron chi connectivity index (χ3n) is 3.49. The van der Waals surface area contributed by atoms with Crippen molar-refractivity contribution in [2.24, 2.45) is 0 Å². The Morgan fingerprint density at radius 2 is 1.85 bits per heavy atom. The molecule has 3 aromatic rings. The highest BCUT2D eigenvalue weighted by atomic mass is 19.1. The van der Waals surface area contributed by atoms with E-state index < -0.39 is 23.4 Å². The molecule has 7 nitrogen and oxygen atoms in total. The predicted octanol–water partition coefficient (Wildman–Crippen LogP) is 1.97. The van der Waals surface area contributed by atoms with Crippen LogP contribution < -0.4 is 10.6 Å². The van der Waals surface area contributed by atoms with Crippen LogP contribution in [0.2, 0.25) is 0 Å². The third kappa shape index (κ3) is 5.18. The third-order valence-corrected chi connectivity index (χ3v) is 3.49. The first-order chi connectivity index (χ1) is 13.0. The average molecular weight is 371 g/mol. The van der Waals surface area contributed by atoms with E-state index in [1.807, 2.05) is 18.2 Å². The molecule has 1 aromatic carbocycles. The molecule has 0 aliphatic heterocycles. The quantitative estimate of drug-likeness (QED) is 0.693. The van der Waals surface area contributed by atoms with Gasteiger partial charge in [-0.25, -0.2) is 8.78 Å². The molecule has 0 saturated heterocycles. The van der Waals surface area contributed by atoms with Crippen LogP contribution in [0.5, 0.6) is 0 Å². The van der Waals surface area contributed by atoms with Gasteiger partial charge in [-0.05, 0) is 24.3 Å². The van der Waals surface area contributed by atoms with Crippen LogP contribution in [0.15, 0.2) is 54.9 Å². The highest BCUT2D eigenvalue weighted by Crippen LogP contribution is 2.08. The second-order valence-corrected chi connectivity index (χ2v) is 5.61. The van der Waals surface area contributed by atoms with Crippen LogP contribution in [0.4, 0.5) is 14.6 Å². The van der Waals surface area contributed by atoms with Crippen LogP contribution in [0.25, 0.3) is 0 Å². The topological polar surface area (TPSA) is 88.9 Å². The first kappa shape index (κ1) is 18.2. The Labute approximate surface area is 153 Å². The summed E-state index contributed by atoms with van der Waals surface area (Å²) < 4.78 is 27.8. The fourth-order valence-electron chi connectivity index (χ4n) is 2.31. The SMILES string of the molecule is O=C(CNC(=O)c1cc(F)cc(F)c1)Nc1ccn(Cc2ccccn2)n1. The highest BCUT2D eigenvalue weighted by Gasteiger charge is 2.11. The molecule has 0 fully saturated rings. The molecule has 0 aliphatic rings. The van der Waals surface area contributed by atoms with E-state index in [0.29, 0.717) is 18.4 Å². The summed E-state index contributed by atoms with van der Waals surface area (Å²) >= 11 is 0. The summed E-state index contributed by atoms with van der Waals surface area (Å²) in [6.07, 6.45) is 3.35. The average Bonchev–Trinajstić information content (AvgIpc) is 3.06. The number of carbonyl (C=O) groups is 2. The van der Waals surface area contributed by atoms with Crippen molar-refractivity contribution >= 4 is 17.6 Å². The maximum atomic E-state index is 13.1. The van der Waals surface area contributed by atoms with Gasteiger partial charge < -0.3 is 10.6 Å². The lowest BCUT2D eigenvalue weighted by Gasteiger charge is -2.06. The molecule has 27 heavy (non-hydrogen) atoms. The van der Waals surface area contributed by atoms with Crippen molar-refractivity contribution < 1.29 is 18.4 Å². The minimum atomic E-state index is -0.872. The molecule has 2 aromatic heterocycles. The van der Waals surface area contributed by atoms with Crippen LogP contribution in [0.1, 0.15) is 16.1 Å². The molecule has 2 amide bonds. The summed E-state index contributed by atoms with van der Waals surface area (Å²) in [6.45, 7) is 0.0721. The molecule has 2 N–H and O–H groups in total. The lowest BCUT2D eigenvalue weighted by Crippen LogP contribution is -2.33. The normalized spacial score (nSPS) is 10.4. The van der Waals surface area contributed by atoms with Gasteiger partial charge in [-0.15, -0.1) is 0 Å². The van der Waals surface area contributed by atoms with Gasteiger partial charge in [0.2, 0.25) is 5.91 Å². The van der Waals surface area contributed by atoms with Gasteiger partial charge in [-0.3, -0.25) is 19.3 Å². The van der Waals surface area contributed by atoms with Crippen molar-refractivity contribution in [3.8, 4) is 0 Å². The van der Waals surface area contributed by atoms with Gasteiger partial charge >= 0.3 is 0 Å². The standard InChI is InChI=1S/C18H15F2N5O2/c19-13-7-12(8-14(20)9-13)18(27)22-10-17(26)23-16-4-6-25(24-16)11-15-3-1-2-5-21-15/h1-9H,10-11H2,(H,22,27)(H,23,24,26). The van der Waals surface area contributed by atoms with Crippen molar-refractivity contribution in [2.75, 3.05) is 11.9 Å². The Morgan fingerprint density at radius 3 is 2.56 bits per heavy atom. The maximum Gasteiger partial charge on any atom is 0.251 e. The lowest BCUT2D eigenvalue weighted by molar-refractivity contribution is -0.115. The molecule has 3 rings (SSSR count). The zero-order chi connectivity index (χ0) is 19.2. The maximum absolute atomic E-state index is 13.1. The number of pyridine rings is 1. The van der Waals surface area contributed by atoms with E-state index in [0.717, 1.165) is 17.8 Å². The van der Waals surface area contributed by atoms with Gasteiger partial charge in [-0.1, -0.05) is 6.07 Å². The van der Waals surface area contributed by atoms with Gasteiger partial charge in [-0.2, -0.15) is 5.10 Å². The minimum Gasteiger partial charge on any atom is -0.343 e. The number of halogens is 2. The van der Waals surface area contributed by atoms with Crippen molar-refractivity contribution in [1.82, 2.24) is 20.1 Å². The number of anilines is 1. The van der Waals surface area contributed by atoms with Crippen LogP contribution in [0.3, 0.4) is 0 Å². The fraction of sp³-hybridized carbons (Fsp3) is 0.111. The summed E-state index contributed by atoms with van der Waals surface area (Å²) in [5.41, 5.74) is 0.605. The van der Waals surface area contributed by atoms with E-state index in [2.05, 4.69) is 20.7 Å². The fourth-order valence-corrected chi connectivity index (χ4v) is 2.31. The minimum absolute atomic E-state index is 0.208. The summed E-state index contributed by atoms with van der Waals surface area (Å²) in [4.78, 5) is 28.0. The summed E-state index contributed by atoms with van der Waals surface area (Å²) in [5, 5.41) is 9.00. The number of hydrogen-bond donors (Lipinski definition) is 2. The second-order valence-electron chi connectivity index (χ2n) is 5.61. The van der Waals surface area contributed by atoms with Gasteiger partial charge in [0.1, 0.15) is 11.6 Å². The van der Waals surface area contributed by atoms with Crippen molar-refractivity contribution in [2.45, 2.75) is 6.54 Å². The van der Waals surface area contributed by atoms with Crippen molar-refractivity contribution in [1.29, 1.82) is 0 Å². The smallest absolute Gasteiger partial charge is 0.251 e. The molecule has 0 saturated carbocycles. The monoisotopic (exact) mass is 371 g/mol. The number of nitrogens with zero attached hydrogens (tertiary/aromatic N) is 3. The van der Waals surface area contributed by atoms with Gasteiger partial charge in [0.05, 0.1) is 18.8 Å². The zero-order valence-corrected chi connectivity index (χ0v) is 14.0. The zero-order valence-electron chi connectivity index (χ0n) is 14.0. The van der Waals surface area contributed by atoms with Crippen LogP contribution in [-0.4, -0.2) is 33.1 Å². The first-order valence-electron chi connectivity index (χ1n) is 7.97. The van der Waals surface area contributed by atoms with Crippen molar-refractivity contribution in [3.05, 3.63) is 77.8 Å². The predicted molar refractivity (Wildman–Crippen MR) is 92.9 cm³/mol. The highest BCUT2D eigenvalue weighted by molar-refractivity contribution is 5.99. The number of rotatable bonds is 6. The number of amides is 2. The molecular weight excluding hydrogens is 356 g/mol. The summed E-state index contributed by atoms with van der Waals surface area (Å²) in [6, 6.07) is 9.55. The molecule has 0 unspecified atom stereocenters. The second kappa shape index (κ2) is 8.17. The van der Waals surface area contributed by atoms with Gasteiger partial charge in [0.25, 0.3) is 5.91 Å². The number of benzene rings is 1. The Morgan fingerprint density at radius 1 is 1.07 bits per heavy atom. The summed E-state index contributed by atoms with van der Waals surface area (Å²) in [5.74, 6) is -2.72. The number of hydrogen-bond acceptors (Lipinski definition) is 4. The molecule has 9 heteroatoms. The van der Waals surface area contributed by atoms with Gasteiger partial charge in [0, 0.05) is 30.1 Å². The number of carbonyl (C=O) groups excluding carboxylic acids is 2. The molecule has 0 atom stereocenters. The van der Waals surface area contributed by atoms with Crippen LogP contribution in [-0.2, 0) is 11.3 Å².